The zero-order valence-corrected chi connectivity index (χ0v) is 11.1. The molecular formula is C13H16F2N2O3. The summed E-state index contributed by atoms with van der Waals surface area (Å²) in [7, 11) is 0. The molecule has 0 heterocycles. The van der Waals surface area contributed by atoms with E-state index in [2.05, 4.69) is 10.6 Å². The lowest BCUT2D eigenvalue weighted by molar-refractivity contribution is -0.140. The number of carbonyl (C=O) groups is 2. The number of rotatable bonds is 6. The summed E-state index contributed by atoms with van der Waals surface area (Å²) < 4.78 is 25.8. The lowest BCUT2D eigenvalue weighted by atomic mass is 10.1. The molecule has 0 aliphatic rings. The smallest absolute Gasteiger partial charge is 0.320 e. The number of anilines is 1. The number of carbonyl (C=O) groups excluding carboxylic acids is 1. The van der Waals surface area contributed by atoms with Gasteiger partial charge in [0.1, 0.15) is 17.7 Å². The summed E-state index contributed by atoms with van der Waals surface area (Å²) in [6, 6.07) is 1.76. The highest BCUT2D eigenvalue weighted by Crippen LogP contribution is 2.12. The summed E-state index contributed by atoms with van der Waals surface area (Å²) in [5.74, 6) is -3.46. The Bertz CT molecular complexity index is 486. The Labute approximate surface area is 115 Å². The molecule has 110 valence electrons. The highest BCUT2D eigenvalue weighted by Gasteiger charge is 2.21. The molecule has 0 aliphatic carbocycles. The summed E-state index contributed by atoms with van der Waals surface area (Å²) in [5, 5.41) is 13.8. The minimum absolute atomic E-state index is 0.0225. The number of carboxylic acid groups (broad SMARTS) is 1. The predicted octanol–water partition coefficient (Wildman–Crippen LogP) is 1.60. The van der Waals surface area contributed by atoms with E-state index < -0.39 is 29.6 Å². The molecule has 1 rings (SSSR count). The van der Waals surface area contributed by atoms with Gasteiger partial charge >= 0.3 is 5.97 Å². The molecule has 7 heteroatoms. The number of amides is 1. The second-order valence-electron chi connectivity index (χ2n) is 4.65. The number of hydrogen-bond acceptors (Lipinski definition) is 3. The third kappa shape index (κ3) is 4.93. The van der Waals surface area contributed by atoms with E-state index in [4.69, 9.17) is 5.11 Å². The van der Waals surface area contributed by atoms with Crippen LogP contribution in [0.3, 0.4) is 0 Å². The van der Waals surface area contributed by atoms with E-state index in [9.17, 15) is 18.4 Å². The number of nitrogens with one attached hydrogen (secondary N) is 2. The third-order valence-corrected chi connectivity index (χ3v) is 2.56. The van der Waals surface area contributed by atoms with Crippen LogP contribution in [0.2, 0.25) is 0 Å². The van der Waals surface area contributed by atoms with E-state index in [1.54, 1.807) is 13.8 Å². The molecule has 1 aromatic rings. The van der Waals surface area contributed by atoms with Crippen molar-refractivity contribution in [3.8, 4) is 0 Å². The van der Waals surface area contributed by atoms with Crippen LogP contribution in [-0.4, -0.2) is 29.6 Å². The number of benzene rings is 1. The van der Waals surface area contributed by atoms with Crippen LogP contribution in [0.4, 0.5) is 14.5 Å². The third-order valence-electron chi connectivity index (χ3n) is 2.56. The summed E-state index contributed by atoms with van der Waals surface area (Å²) in [5.41, 5.74) is -0.0225. The molecule has 1 aromatic carbocycles. The topological polar surface area (TPSA) is 78.4 Å². The largest absolute Gasteiger partial charge is 0.480 e. The van der Waals surface area contributed by atoms with E-state index in [1.165, 1.54) is 0 Å². The maximum Gasteiger partial charge on any atom is 0.320 e. The van der Waals surface area contributed by atoms with Crippen LogP contribution in [0.25, 0.3) is 0 Å². The van der Waals surface area contributed by atoms with Gasteiger partial charge in [-0.15, -0.1) is 0 Å². The number of carboxylic acids is 1. The van der Waals surface area contributed by atoms with Crippen LogP contribution >= 0.6 is 0 Å². The maximum absolute atomic E-state index is 12.9. The van der Waals surface area contributed by atoms with Crippen LogP contribution in [-0.2, 0) is 9.59 Å². The lowest BCUT2D eigenvalue weighted by Crippen LogP contribution is -2.44. The van der Waals surface area contributed by atoms with E-state index in [1.807, 2.05) is 0 Å². The molecular weight excluding hydrogens is 270 g/mol. The Balaban J connectivity index is 2.57. The van der Waals surface area contributed by atoms with E-state index >= 15 is 0 Å². The first kappa shape index (κ1) is 16.0. The van der Waals surface area contributed by atoms with Crippen LogP contribution < -0.4 is 10.6 Å². The molecule has 5 nitrogen and oxygen atoms in total. The van der Waals surface area contributed by atoms with Crippen molar-refractivity contribution in [3.63, 3.8) is 0 Å². The van der Waals surface area contributed by atoms with Gasteiger partial charge in [0.25, 0.3) is 0 Å². The second kappa shape index (κ2) is 6.95. The molecule has 0 saturated heterocycles. The molecule has 1 atom stereocenters. The van der Waals surface area contributed by atoms with Gasteiger partial charge in [0.05, 0.1) is 6.54 Å². The van der Waals surface area contributed by atoms with Crippen molar-refractivity contribution in [2.45, 2.75) is 19.9 Å². The van der Waals surface area contributed by atoms with Gasteiger partial charge in [0.2, 0.25) is 5.91 Å². The van der Waals surface area contributed by atoms with Gasteiger partial charge in [-0.25, -0.2) is 8.78 Å². The highest BCUT2D eigenvalue weighted by atomic mass is 19.1. The van der Waals surface area contributed by atoms with Crippen LogP contribution in [0.15, 0.2) is 18.2 Å². The Kier molecular flexibility index (Phi) is 5.57. The van der Waals surface area contributed by atoms with Crippen molar-refractivity contribution in [2.75, 3.05) is 11.9 Å². The Hall–Kier alpha value is -2.02. The minimum atomic E-state index is -1.07. The van der Waals surface area contributed by atoms with Gasteiger partial charge in [-0.2, -0.15) is 0 Å². The van der Waals surface area contributed by atoms with Gasteiger partial charge in [-0.3, -0.25) is 14.9 Å². The molecule has 0 spiro atoms. The molecule has 0 bridgehead atoms. The first-order chi connectivity index (χ1) is 9.29. The zero-order chi connectivity index (χ0) is 15.3. The van der Waals surface area contributed by atoms with Crippen molar-refractivity contribution in [2.24, 2.45) is 5.92 Å². The fourth-order valence-corrected chi connectivity index (χ4v) is 1.64. The van der Waals surface area contributed by atoms with Gasteiger partial charge in [-0.05, 0) is 18.1 Å². The molecule has 0 radical (unpaired) electrons. The summed E-state index contributed by atoms with van der Waals surface area (Å²) in [6.45, 7) is 3.13. The highest BCUT2D eigenvalue weighted by molar-refractivity contribution is 5.92. The van der Waals surface area contributed by atoms with Crippen LogP contribution in [0, 0.1) is 17.6 Å². The first-order valence-electron chi connectivity index (χ1n) is 6.01. The van der Waals surface area contributed by atoms with Crippen molar-refractivity contribution in [1.29, 1.82) is 0 Å². The summed E-state index contributed by atoms with van der Waals surface area (Å²) in [4.78, 5) is 22.5. The number of hydrogen-bond donors (Lipinski definition) is 3. The van der Waals surface area contributed by atoms with Gasteiger partial charge < -0.3 is 10.4 Å². The SMILES string of the molecule is CC(C)C(NCC(=O)Nc1cc(F)cc(F)c1)C(=O)O. The predicted molar refractivity (Wildman–Crippen MR) is 69.3 cm³/mol. The Morgan fingerprint density at radius 1 is 1.20 bits per heavy atom. The maximum atomic E-state index is 12.9. The quantitative estimate of drug-likeness (QED) is 0.742. The molecule has 3 N–H and O–H groups in total. The second-order valence-corrected chi connectivity index (χ2v) is 4.65. The molecule has 20 heavy (non-hydrogen) atoms. The van der Waals surface area contributed by atoms with Crippen molar-refractivity contribution in [3.05, 3.63) is 29.8 Å². The number of aliphatic carboxylic acids is 1. The molecule has 0 saturated carbocycles. The average Bonchev–Trinajstić information content (AvgIpc) is 2.26. The van der Waals surface area contributed by atoms with E-state index in [-0.39, 0.29) is 18.2 Å². The Morgan fingerprint density at radius 2 is 1.75 bits per heavy atom. The van der Waals surface area contributed by atoms with E-state index in [0.717, 1.165) is 12.1 Å². The van der Waals surface area contributed by atoms with Gasteiger partial charge in [0.15, 0.2) is 0 Å². The van der Waals surface area contributed by atoms with Crippen LogP contribution in [0.5, 0.6) is 0 Å². The molecule has 1 unspecified atom stereocenters. The molecule has 0 fully saturated rings. The summed E-state index contributed by atoms with van der Waals surface area (Å²) in [6.07, 6.45) is 0. The minimum Gasteiger partial charge on any atom is -0.480 e. The lowest BCUT2D eigenvalue weighted by Gasteiger charge is -2.17. The molecule has 1 amide bonds. The standard InChI is InChI=1S/C13H16F2N2O3/c1-7(2)12(13(19)20)16-6-11(18)17-10-4-8(14)3-9(15)5-10/h3-5,7,12,16H,6H2,1-2H3,(H,17,18)(H,19,20). The van der Waals surface area contributed by atoms with Gasteiger partial charge in [-0.1, -0.05) is 13.8 Å². The Morgan fingerprint density at radius 3 is 2.20 bits per heavy atom. The normalized spacial score (nSPS) is 12.2. The van der Waals surface area contributed by atoms with Gasteiger partial charge in [0, 0.05) is 11.8 Å². The fourth-order valence-electron chi connectivity index (χ4n) is 1.64. The van der Waals surface area contributed by atoms with Crippen molar-refractivity contribution in [1.82, 2.24) is 5.32 Å². The number of halogens is 2. The first-order valence-corrected chi connectivity index (χ1v) is 6.01. The molecule has 0 aromatic heterocycles. The van der Waals surface area contributed by atoms with Crippen LogP contribution in [0.1, 0.15) is 13.8 Å². The van der Waals surface area contributed by atoms with Crippen molar-refractivity contribution >= 4 is 17.6 Å². The van der Waals surface area contributed by atoms with E-state index in [0.29, 0.717) is 6.07 Å². The summed E-state index contributed by atoms with van der Waals surface area (Å²) >= 11 is 0. The fraction of sp³-hybridized carbons (Fsp3) is 0.385. The van der Waals surface area contributed by atoms with Crippen molar-refractivity contribution < 1.29 is 23.5 Å². The average molecular weight is 286 g/mol. The monoisotopic (exact) mass is 286 g/mol. The zero-order valence-electron chi connectivity index (χ0n) is 11.1. The molecule has 0 aliphatic heterocycles.